The van der Waals surface area contributed by atoms with Crippen molar-refractivity contribution in [2.45, 2.75) is 13.3 Å². The molecular formula is C13H15ClN4O2. The van der Waals surface area contributed by atoms with Crippen LogP contribution in [-0.2, 0) is 13.5 Å². The normalized spacial score (nSPS) is 10.6. The third-order valence-corrected chi connectivity index (χ3v) is 3.39. The number of nitrogens with one attached hydrogen (secondary N) is 1. The van der Waals surface area contributed by atoms with Crippen molar-refractivity contribution in [1.82, 2.24) is 9.78 Å². The van der Waals surface area contributed by atoms with E-state index in [9.17, 15) is 10.1 Å². The molecule has 0 radical (unpaired) electrons. The smallest absolute Gasteiger partial charge is 0.271 e. The van der Waals surface area contributed by atoms with Gasteiger partial charge in [0.25, 0.3) is 5.69 Å². The second-order valence-electron chi connectivity index (χ2n) is 4.50. The number of nitro benzene ring substituents is 1. The maximum atomic E-state index is 10.7. The lowest BCUT2D eigenvalue weighted by Crippen LogP contribution is -2.09. The zero-order valence-electron chi connectivity index (χ0n) is 11.3. The summed E-state index contributed by atoms with van der Waals surface area (Å²) in [5.41, 5.74) is 2.60. The van der Waals surface area contributed by atoms with Crippen LogP contribution in [0.5, 0.6) is 0 Å². The van der Waals surface area contributed by atoms with Crippen LogP contribution in [0, 0.1) is 17.0 Å². The highest BCUT2D eigenvalue weighted by Gasteiger charge is 2.13. The number of aryl methyl sites for hydroxylation is 2. The van der Waals surface area contributed by atoms with Gasteiger partial charge in [-0.05, 0) is 18.6 Å². The molecule has 20 heavy (non-hydrogen) atoms. The van der Waals surface area contributed by atoms with E-state index in [1.165, 1.54) is 12.1 Å². The van der Waals surface area contributed by atoms with E-state index >= 15 is 0 Å². The van der Waals surface area contributed by atoms with E-state index < -0.39 is 4.92 Å². The summed E-state index contributed by atoms with van der Waals surface area (Å²) in [4.78, 5) is 10.3. The molecule has 2 aromatic rings. The zero-order chi connectivity index (χ0) is 14.7. The number of nitrogens with zero attached hydrogens (tertiary/aromatic N) is 3. The maximum absolute atomic E-state index is 10.7. The Morgan fingerprint density at radius 2 is 2.25 bits per heavy atom. The molecule has 0 aliphatic carbocycles. The van der Waals surface area contributed by atoms with Gasteiger partial charge in [-0.1, -0.05) is 11.6 Å². The van der Waals surface area contributed by atoms with Crippen LogP contribution in [0.4, 0.5) is 11.4 Å². The molecule has 0 bridgehead atoms. The van der Waals surface area contributed by atoms with Crippen molar-refractivity contribution in [3.8, 4) is 0 Å². The summed E-state index contributed by atoms with van der Waals surface area (Å²) in [6, 6.07) is 4.82. The molecule has 0 saturated carbocycles. The molecule has 1 aromatic carbocycles. The van der Waals surface area contributed by atoms with Crippen LogP contribution >= 0.6 is 11.6 Å². The largest absolute Gasteiger partial charge is 0.383 e. The summed E-state index contributed by atoms with van der Waals surface area (Å²) >= 11 is 6.09. The van der Waals surface area contributed by atoms with Crippen LogP contribution in [0.3, 0.4) is 0 Å². The Kier molecular flexibility index (Phi) is 4.24. The van der Waals surface area contributed by atoms with Gasteiger partial charge in [-0.15, -0.1) is 0 Å². The van der Waals surface area contributed by atoms with Gasteiger partial charge in [0.05, 0.1) is 15.6 Å². The maximum Gasteiger partial charge on any atom is 0.271 e. The molecule has 0 atom stereocenters. The molecular weight excluding hydrogens is 280 g/mol. The summed E-state index contributed by atoms with van der Waals surface area (Å²) in [6.07, 6.45) is 2.54. The lowest BCUT2D eigenvalue weighted by molar-refractivity contribution is -0.384. The minimum atomic E-state index is -0.446. The van der Waals surface area contributed by atoms with E-state index in [2.05, 4.69) is 10.4 Å². The predicted octanol–water partition coefficient (Wildman–Crippen LogP) is 2.94. The van der Waals surface area contributed by atoms with Crippen molar-refractivity contribution in [1.29, 1.82) is 0 Å². The van der Waals surface area contributed by atoms with E-state index in [1.807, 2.05) is 17.8 Å². The lowest BCUT2D eigenvalue weighted by atomic mass is 10.1. The molecule has 0 spiro atoms. The summed E-state index contributed by atoms with van der Waals surface area (Å²) in [5.74, 6) is 0. The highest BCUT2D eigenvalue weighted by Crippen LogP contribution is 2.30. The molecule has 1 heterocycles. The molecule has 0 fully saturated rings. The summed E-state index contributed by atoms with van der Waals surface area (Å²) in [5, 5.41) is 18.4. The Balaban J connectivity index is 2.06. The topological polar surface area (TPSA) is 73.0 Å². The number of anilines is 1. The van der Waals surface area contributed by atoms with Crippen LogP contribution in [0.15, 0.2) is 24.4 Å². The monoisotopic (exact) mass is 294 g/mol. The Morgan fingerprint density at radius 3 is 2.80 bits per heavy atom. The molecule has 0 aliphatic heterocycles. The summed E-state index contributed by atoms with van der Waals surface area (Å²) in [6.45, 7) is 2.48. The fourth-order valence-corrected chi connectivity index (χ4v) is 2.35. The number of aromatic nitrogens is 2. The van der Waals surface area contributed by atoms with E-state index in [-0.39, 0.29) is 5.69 Å². The number of hydrogen-bond acceptors (Lipinski definition) is 4. The van der Waals surface area contributed by atoms with Crippen LogP contribution < -0.4 is 5.32 Å². The first-order chi connectivity index (χ1) is 9.49. The first-order valence-electron chi connectivity index (χ1n) is 6.14. The molecule has 2 rings (SSSR count). The fourth-order valence-electron chi connectivity index (χ4n) is 2.02. The average molecular weight is 295 g/mol. The van der Waals surface area contributed by atoms with Gasteiger partial charge < -0.3 is 5.32 Å². The Bertz CT molecular complexity index is 616. The molecule has 1 aromatic heterocycles. The number of benzene rings is 1. The van der Waals surface area contributed by atoms with E-state index in [1.54, 1.807) is 13.1 Å². The highest BCUT2D eigenvalue weighted by molar-refractivity contribution is 6.33. The quantitative estimate of drug-likeness (QED) is 0.680. The minimum Gasteiger partial charge on any atom is -0.383 e. The van der Waals surface area contributed by atoms with Gasteiger partial charge in [0, 0.05) is 44.0 Å². The standard InChI is InChI=1S/C13H15ClN4O2/c1-9-7-11(18(19)20)8-12(14)13(9)15-5-3-10-4-6-16-17(10)2/h4,6-8,15H,3,5H2,1-2H3. The number of rotatable bonds is 5. The summed E-state index contributed by atoms with van der Waals surface area (Å²) in [7, 11) is 1.89. The van der Waals surface area contributed by atoms with Crippen LogP contribution in [0.1, 0.15) is 11.3 Å². The fraction of sp³-hybridized carbons (Fsp3) is 0.308. The Labute approximate surface area is 121 Å². The summed E-state index contributed by atoms with van der Waals surface area (Å²) < 4.78 is 1.81. The second kappa shape index (κ2) is 5.92. The lowest BCUT2D eigenvalue weighted by Gasteiger charge is -2.11. The third kappa shape index (κ3) is 3.08. The van der Waals surface area contributed by atoms with Crippen molar-refractivity contribution < 1.29 is 4.92 Å². The molecule has 0 aliphatic rings. The molecule has 6 nitrogen and oxygen atoms in total. The number of non-ortho nitro benzene ring substituents is 1. The average Bonchev–Trinajstić information content (AvgIpc) is 2.78. The van der Waals surface area contributed by atoms with Crippen molar-refractivity contribution in [3.05, 3.63) is 50.8 Å². The zero-order valence-corrected chi connectivity index (χ0v) is 12.0. The first kappa shape index (κ1) is 14.3. The first-order valence-corrected chi connectivity index (χ1v) is 6.52. The van der Waals surface area contributed by atoms with E-state index in [0.717, 1.165) is 23.4 Å². The van der Waals surface area contributed by atoms with Gasteiger partial charge >= 0.3 is 0 Å². The van der Waals surface area contributed by atoms with Crippen molar-refractivity contribution in [2.75, 3.05) is 11.9 Å². The number of nitro groups is 1. The Hall–Kier alpha value is -2.08. The number of hydrogen-bond donors (Lipinski definition) is 1. The van der Waals surface area contributed by atoms with Gasteiger partial charge in [-0.2, -0.15) is 5.10 Å². The molecule has 0 amide bonds. The molecule has 0 unspecified atom stereocenters. The van der Waals surface area contributed by atoms with Gasteiger partial charge in [-0.25, -0.2) is 0 Å². The van der Waals surface area contributed by atoms with Gasteiger partial charge in [0.15, 0.2) is 0 Å². The predicted molar refractivity (Wildman–Crippen MR) is 78.2 cm³/mol. The molecule has 0 saturated heterocycles. The Morgan fingerprint density at radius 1 is 1.50 bits per heavy atom. The molecule has 7 heteroatoms. The van der Waals surface area contributed by atoms with Crippen LogP contribution in [0.25, 0.3) is 0 Å². The van der Waals surface area contributed by atoms with E-state index in [0.29, 0.717) is 11.6 Å². The SMILES string of the molecule is Cc1cc([N+](=O)[O-])cc(Cl)c1NCCc1ccnn1C. The van der Waals surface area contributed by atoms with Crippen molar-refractivity contribution >= 4 is 23.0 Å². The van der Waals surface area contributed by atoms with Gasteiger partial charge in [-0.3, -0.25) is 14.8 Å². The van der Waals surface area contributed by atoms with Gasteiger partial charge in [0.1, 0.15) is 0 Å². The van der Waals surface area contributed by atoms with Crippen molar-refractivity contribution in [2.24, 2.45) is 7.05 Å². The van der Waals surface area contributed by atoms with Crippen LogP contribution in [0.2, 0.25) is 5.02 Å². The van der Waals surface area contributed by atoms with Gasteiger partial charge in [0.2, 0.25) is 0 Å². The second-order valence-corrected chi connectivity index (χ2v) is 4.91. The minimum absolute atomic E-state index is 0.00434. The van der Waals surface area contributed by atoms with Crippen molar-refractivity contribution in [3.63, 3.8) is 0 Å². The molecule has 1 N–H and O–H groups in total. The molecule has 106 valence electrons. The third-order valence-electron chi connectivity index (χ3n) is 3.09. The number of halogens is 1. The van der Waals surface area contributed by atoms with E-state index in [4.69, 9.17) is 11.6 Å². The van der Waals surface area contributed by atoms with Crippen LogP contribution in [-0.4, -0.2) is 21.2 Å². The highest BCUT2D eigenvalue weighted by atomic mass is 35.5.